The van der Waals surface area contributed by atoms with E-state index in [1.54, 1.807) is 13.8 Å². The number of esters is 2. The Morgan fingerprint density at radius 1 is 1.00 bits per heavy atom. The molecule has 0 unspecified atom stereocenters. The number of nitrogens with one attached hydrogen (secondary N) is 2. The van der Waals surface area contributed by atoms with E-state index in [1.807, 2.05) is 37.3 Å². The van der Waals surface area contributed by atoms with Gasteiger partial charge in [-0.3, -0.25) is 9.59 Å². The van der Waals surface area contributed by atoms with Gasteiger partial charge in [-0.2, -0.15) is 0 Å². The third-order valence-electron chi connectivity index (χ3n) is 5.32. The van der Waals surface area contributed by atoms with Crippen LogP contribution in [0.3, 0.4) is 0 Å². The molecular formula is C23H32N2O8. The van der Waals surface area contributed by atoms with Crippen LogP contribution >= 0.6 is 0 Å². The van der Waals surface area contributed by atoms with Crippen molar-refractivity contribution in [2.75, 3.05) is 6.61 Å². The van der Waals surface area contributed by atoms with Crippen molar-refractivity contribution >= 4 is 23.8 Å². The maximum Gasteiger partial charge on any atom is 0.338 e. The van der Waals surface area contributed by atoms with Crippen LogP contribution in [0.15, 0.2) is 30.3 Å². The summed E-state index contributed by atoms with van der Waals surface area (Å²) in [6, 6.07) is 6.78. The minimum Gasteiger partial charge on any atom is -0.464 e. The fourth-order valence-electron chi connectivity index (χ4n) is 3.09. The van der Waals surface area contributed by atoms with E-state index in [4.69, 9.17) is 14.2 Å². The lowest BCUT2D eigenvalue weighted by Gasteiger charge is -2.27. The first-order valence-corrected chi connectivity index (χ1v) is 11.0. The first-order chi connectivity index (χ1) is 15.7. The highest BCUT2D eigenvalue weighted by Crippen LogP contribution is 2.24. The van der Waals surface area contributed by atoms with Crippen molar-refractivity contribution in [3.63, 3.8) is 0 Å². The zero-order valence-electron chi connectivity index (χ0n) is 19.3. The second-order valence-electron chi connectivity index (χ2n) is 7.92. The Bertz CT molecular complexity index is 829. The number of benzene rings is 1. The zero-order chi connectivity index (χ0) is 24.5. The van der Waals surface area contributed by atoms with Gasteiger partial charge < -0.3 is 30.0 Å². The number of rotatable bonds is 12. The number of carbonyl (C=O) groups excluding carboxylic acids is 4. The Morgan fingerprint density at radius 2 is 1.67 bits per heavy atom. The van der Waals surface area contributed by atoms with Crippen molar-refractivity contribution in [3.05, 3.63) is 35.9 Å². The summed E-state index contributed by atoms with van der Waals surface area (Å²) in [5.74, 6) is -3.05. The first kappa shape index (κ1) is 26.3. The number of ether oxygens (including phenoxy) is 3. The van der Waals surface area contributed by atoms with Crippen LogP contribution < -0.4 is 10.6 Å². The minimum absolute atomic E-state index is 0.0489. The van der Waals surface area contributed by atoms with Gasteiger partial charge in [0.1, 0.15) is 18.7 Å². The fourth-order valence-corrected chi connectivity index (χ4v) is 3.09. The van der Waals surface area contributed by atoms with Crippen LogP contribution in [0.1, 0.15) is 39.7 Å². The van der Waals surface area contributed by atoms with Gasteiger partial charge in [0.15, 0.2) is 12.2 Å². The molecule has 1 aromatic carbocycles. The van der Waals surface area contributed by atoms with Gasteiger partial charge in [0.25, 0.3) is 5.91 Å². The van der Waals surface area contributed by atoms with Crippen LogP contribution in [0, 0.1) is 5.92 Å². The molecule has 2 amide bonds. The fraction of sp³-hybridized carbons (Fsp3) is 0.565. The van der Waals surface area contributed by atoms with Crippen molar-refractivity contribution in [1.82, 2.24) is 10.6 Å². The van der Waals surface area contributed by atoms with Gasteiger partial charge in [0.05, 0.1) is 12.7 Å². The van der Waals surface area contributed by atoms with Crippen LogP contribution in [-0.4, -0.2) is 65.9 Å². The average molecular weight is 465 g/mol. The molecular weight excluding hydrogens is 432 g/mol. The van der Waals surface area contributed by atoms with Gasteiger partial charge in [0.2, 0.25) is 5.91 Å². The maximum absolute atomic E-state index is 12.9. The lowest BCUT2D eigenvalue weighted by molar-refractivity contribution is -0.151. The average Bonchev–Trinajstić information content (AvgIpc) is 3.60. The monoisotopic (exact) mass is 464 g/mol. The van der Waals surface area contributed by atoms with E-state index < -0.39 is 54.1 Å². The lowest BCUT2D eigenvalue weighted by Crippen LogP contribution is -2.57. The molecule has 1 aromatic rings. The topological polar surface area (TPSA) is 144 Å². The molecule has 3 N–H and O–H groups in total. The van der Waals surface area contributed by atoms with Crippen molar-refractivity contribution in [3.8, 4) is 0 Å². The molecule has 0 aromatic heterocycles. The third-order valence-corrected chi connectivity index (χ3v) is 5.32. The number of carbonyl (C=O) groups is 4. The highest BCUT2D eigenvalue weighted by atomic mass is 16.6. The molecule has 1 saturated heterocycles. The Morgan fingerprint density at radius 3 is 2.24 bits per heavy atom. The minimum atomic E-state index is -1.36. The number of aliphatic hydroxyl groups excluding tert-OH is 1. The van der Waals surface area contributed by atoms with Gasteiger partial charge in [-0.05, 0) is 25.3 Å². The van der Waals surface area contributed by atoms with Crippen LogP contribution in [0.5, 0.6) is 0 Å². The summed E-state index contributed by atoms with van der Waals surface area (Å²) in [6.07, 6.45) is -2.83. The molecule has 6 atom stereocenters. The highest BCUT2D eigenvalue weighted by Gasteiger charge is 2.52. The van der Waals surface area contributed by atoms with Crippen LogP contribution in [0.2, 0.25) is 0 Å². The lowest BCUT2D eigenvalue weighted by atomic mass is 9.98. The number of amides is 2. The van der Waals surface area contributed by atoms with E-state index in [9.17, 15) is 24.3 Å². The summed E-state index contributed by atoms with van der Waals surface area (Å²) >= 11 is 0. The number of aliphatic hydroxyl groups is 1. The molecule has 33 heavy (non-hydrogen) atoms. The highest BCUT2D eigenvalue weighted by molar-refractivity contribution is 5.96. The predicted octanol–water partition coefficient (Wildman–Crippen LogP) is 0.457. The molecule has 1 aliphatic heterocycles. The van der Waals surface area contributed by atoms with Crippen molar-refractivity contribution in [1.29, 1.82) is 0 Å². The Kier molecular flexibility index (Phi) is 9.80. The molecule has 182 valence electrons. The Hall–Kier alpha value is -2.98. The van der Waals surface area contributed by atoms with E-state index in [2.05, 4.69) is 10.6 Å². The number of hydrogen-bond donors (Lipinski definition) is 3. The predicted molar refractivity (Wildman–Crippen MR) is 117 cm³/mol. The molecule has 1 heterocycles. The van der Waals surface area contributed by atoms with Gasteiger partial charge >= 0.3 is 11.9 Å². The largest absolute Gasteiger partial charge is 0.464 e. The molecule has 2 rings (SSSR count). The molecule has 0 radical (unpaired) electrons. The molecule has 0 spiro atoms. The van der Waals surface area contributed by atoms with E-state index in [-0.39, 0.29) is 19.1 Å². The normalized spacial score (nSPS) is 20.5. The molecule has 10 heteroatoms. The summed E-state index contributed by atoms with van der Waals surface area (Å²) < 4.78 is 15.2. The summed E-state index contributed by atoms with van der Waals surface area (Å²) in [5, 5.41) is 15.0. The number of epoxide rings is 1. The Balaban J connectivity index is 2.00. The molecule has 0 saturated carbocycles. The van der Waals surface area contributed by atoms with E-state index >= 15 is 0 Å². The summed E-state index contributed by atoms with van der Waals surface area (Å²) in [7, 11) is 0. The van der Waals surface area contributed by atoms with Gasteiger partial charge in [-0.25, -0.2) is 9.59 Å². The molecule has 10 nitrogen and oxygen atoms in total. The Labute approximate surface area is 193 Å². The molecule has 0 bridgehead atoms. The van der Waals surface area contributed by atoms with Crippen LogP contribution in [0.4, 0.5) is 0 Å². The summed E-state index contributed by atoms with van der Waals surface area (Å²) in [4.78, 5) is 49.6. The van der Waals surface area contributed by atoms with Crippen molar-refractivity contribution in [2.24, 2.45) is 5.92 Å². The number of hydrogen-bond acceptors (Lipinski definition) is 8. The van der Waals surface area contributed by atoms with Crippen LogP contribution in [0.25, 0.3) is 0 Å². The first-order valence-electron chi connectivity index (χ1n) is 11.0. The van der Waals surface area contributed by atoms with Crippen molar-refractivity contribution < 1.29 is 38.5 Å². The second kappa shape index (κ2) is 12.3. The van der Waals surface area contributed by atoms with E-state index in [1.165, 1.54) is 6.92 Å². The second-order valence-corrected chi connectivity index (χ2v) is 7.92. The smallest absolute Gasteiger partial charge is 0.338 e. The van der Waals surface area contributed by atoms with Crippen molar-refractivity contribution in [2.45, 2.75) is 71.1 Å². The maximum atomic E-state index is 12.9. The van der Waals surface area contributed by atoms with Crippen LogP contribution in [-0.2, 0) is 40.0 Å². The quantitative estimate of drug-likeness (QED) is 0.299. The van der Waals surface area contributed by atoms with Gasteiger partial charge in [-0.1, -0.05) is 50.6 Å². The molecule has 1 fully saturated rings. The summed E-state index contributed by atoms with van der Waals surface area (Å²) in [6.45, 7) is 6.79. The third kappa shape index (κ3) is 7.54. The standard InChI is InChI=1S/C23H32N2O8/c1-5-13(3)16(22(29)32-12-15-10-8-7-9-11-15)24-20(27)17(14(4)26)25-21(28)18-19(33-18)23(30)31-6-2/h7-11,13-14,16-19,26H,5-6,12H2,1-4H3,(H,24,27)(H,25,28)/t13-,14+,16-,17-,18-,19-/m0/s1. The summed E-state index contributed by atoms with van der Waals surface area (Å²) in [5.41, 5.74) is 0.801. The van der Waals surface area contributed by atoms with Gasteiger partial charge in [-0.15, -0.1) is 0 Å². The van der Waals surface area contributed by atoms with E-state index in [0.717, 1.165) is 5.56 Å². The molecule has 0 aliphatic carbocycles. The zero-order valence-corrected chi connectivity index (χ0v) is 19.3. The van der Waals surface area contributed by atoms with E-state index in [0.29, 0.717) is 6.42 Å². The molecule has 1 aliphatic rings. The van der Waals surface area contributed by atoms with Gasteiger partial charge in [0, 0.05) is 0 Å². The SMILES string of the molecule is CCOC(=O)[C@H]1O[C@@H]1C(=O)N[C@H](C(=O)N[C@H](C(=O)OCc1ccccc1)[C@@H](C)CC)[C@@H](C)O.